The van der Waals surface area contributed by atoms with E-state index in [1.54, 1.807) is 0 Å². The SMILES string of the molecule is Cc1cccc(-c2cccc(OC(C)C)c2)c1N. The molecule has 0 unspecified atom stereocenters. The van der Waals surface area contributed by atoms with Crippen LogP contribution in [0.5, 0.6) is 5.75 Å². The molecule has 0 atom stereocenters. The summed E-state index contributed by atoms with van der Waals surface area (Å²) in [5, 5.41) is 0. The first-order valence-corrected chi connectivity index (χ1v) is 6.20. The van der Waals surface area contributed by atoms with Gasteiger partial charge in [-0.05, 0) is 44.0 Å². The molecular formula is C16H19NO. The molecule has 18 heavy (non-hydrogen) atoms. The summed E-state index contributed by atoms with van der Waals surface area (Å²) in [4.78, 5) is 0. The highest BCUT2D eigenvalue weighted by atomic mass is 16.5. The number of hydrogen-bond donors (Lipinski definition) is 1. The van der Waals surface area contributed by atoms with E-state index >= 15 is 0 Å². The van der Waals surface area contributed by atoms with Gasteiger partial charge in [0.15, 0.2) is 0 Å². The fraction of sp³-hybridized carbons (Fsp3) is 0.250. The van der Waals surface area contributed by atoms with Crippen molar-refractivity contribution < 1.29 is 4.74 Å². The number of para-hydroxylation sites is 1. The lowest BCUT2D eigenvalue weighted by molar-refractivity contribution is 0.242. The van der Waals surface area contributed by atoms with Crippen LogP contribution in [0.3, 0.4) is 0 Å². The third kappa shape index (κ3) is 2.65. The molecule has 2 aromatic rings. The van der Waals surface area contributed by atoms with Gasteiger partial charge in [-0.3, -0.25) is 0 Å². The highest BCUT2D eigenvalue weighted by Crippen LogP contribution is 2.30. The fourth-order valence-electron chi connectivity index (χ4n) is 1.94. The topological polar surface area (TPSA) is 35.2 Å². The van der Waals surface area contributed by atoms with E-state index in [2.05, 4.69) is 6.07 Å². The van der Waals surface area contributed by atoms with Crippen molar-refractivity contribution in [2.45, 2.75) is 26.9 Å². The van der Waals surface area contributed by atoms with Crippen LogP contribution in [0.4, 0.5) is 5.69 Å². The molecule has 0 spiro atoms. The zero-order valence-electron chi connectivity index (χ0n) is 11.1. The van der Waals surface area contributed by atoms with Crippen molar-refractivity contribution in [3.05, 3.63) is 48.0 Å². The van der Waals surface area contributed by atoms with Gasteiger partial charge in [0.25, 0.3) is 0 Å². The summed E-state index contributed by atoms with van der Waals surface area (Å²) in [5.74, 6) is 0.878. The number of hydrogen-bond acceptors (Lipinski definition) is 2. The molecule has 2 N–H and O–H groups in total. The molecule has 2 rings (SSSR count). The monoisotopic (exact) mass is 241 g/mol. The van der Waals surface area contributed by atoms with Crippen molar-refractivity contribution in [3.8, 4) is 16.9 Å². The van der Waals surface area contributed by atoms with Gasteiger partial charge in [0.1, 0.15) is 5.75 Å². The average Bonchev–Trinajstić information content (AvgIpc) is 2.32. The summed E-state index contributed by atoms with van der Waals surface area (Å²) in [7, 11) is 0. The highest BCUT2D eigenvalue weighted by Gasteiger charge is 2.06. The van der Waals surface area contributed by atoms with Crippen LogP contribution in [0.2, 0.25) is 0 Å². The number of aryl methyl sites for hydroxylation is 1. The maximum atomic E-state index is 6.13. The summed E-state index contributed by atoms with van der Waals surface area (Å²) in [5.41, 5.74) is 10.2. The smallest absolute Gasteiger partial charge is 0.120 e. The molecule has 2 heteroatoms. The summed E-state index contributed by atoms with van der Waals surface area (Å²) in [6.07, 6.45) is 0.176. The van der Waals surface area contributed by atoms with Gasteiger partial charge in [-0.25, -0.2) is 0 Å². The van der Waals surface area contributed by atoms with Crippen LogP contribution in [0.25, 0.3) is 11.1 Å². The summed E-state index contributed by atoms with van der Waals surface area (Å²) >= 11 is 0. The highest BCUT2D eigenvalue weighted by molar-refractivity contribution is 5.78. The Morgan fingerprint density at radius 2 is 1.78 bits per heavy atom. The largest absolute Gasteiger partial charge is 0.491 e. The molecule has 0 fully saturated rings. The predicted molar refractivity (Wildman–Crippen MR) is 76.8 cm³/mol. The van der Waals surface area contributed by atoms with Crippen molar-refractivity contribution in [3.63, 3.8) is 0 Å². The van der Waals surface area contributed by atoms with Crippen molar-refractivity contribution in [1.29, 1.82) is 0 Å². The van der Waals surface area contributed by atoms with Gasteiger partial charge in [0.05, 0.1) is 6.10 Å². The molecule has 94 valence electrons. The van der Waals surface area contributed by atoms with Crippen molar-refractivity contribution in [1.82, 2.24) is 0 Å². The minimum atomic E-state index is 0.176. The van der Waals surface area contributed by atoms with E-state index < -0.39 is 0 Å². The molecule has 0 amide bonds. The van der Waals surface area contributed by atoms with Crippen LogP contribution < -0.4 is 10.5 Å². The molecule has 0 aliphatic heterocycles. The van der Waals surface area contributed by atoms with Gasteiger partial charge in [-0.15, -0.1) is 0 Å². The molecule has 0 saturated heterocycles. The van der Waals surface area contributed by atoms with E-state index in [1.165, 1.54) is 0 Å². The molecular weight excluding hydrogens is 222 g/mol. The standard InChI is InChI=1S/C16H19NO/c1-11(2)18-14-8-5-7-13(10-14)15-9-4-6-12(3)16(15)17/h4-11H,17H2,1-3H3. The lowest BCUT2D eigenvalue weighted by Gasteiger charge is -2.12. The maximum Gasteiger partial charge on any atom is 0.120 e. The molecule has 0 radical (unpaired) electrons. The molecule has 0 heterocycles. The minimum absolute atomic E-state index is 0.176. The van der Waals surface area contributed by atoms with Gasteiger partial charge < -0.3 is 10.5 Å². The molecule has 0 bridgehead atoms. The van der Waals surface area contributed by atoms with Crippen molar-refractivity contribution in [2.75, 3.05) is 5.73 Å². The van der Waals surface area contributed by atoms with E-state index in [0.717, 1.165) is 28.1 Å². The molecule has 0 aliphatic rings. The van der Waals surface area contributed by atoms with Gasteiger partial charge in [-0.2, -0.15) is 0 Å². The summed E-state index contributed by atoms with van der Waals surface area (Å²) in [6.45, 7) is 6.06. The molecule has 2 nitrogen and oxygen atoms in total. The Bertz CT molecular complexity index is 547. The number of anilines is 1. The Kier molecular flexibility index (Phi) is 3.56. The third-order valence-corrected chi connectivity index (χ3v) is 2.84. The second kappa shape index (κ2) is 5.13. The van der Waals surface area contributed by atoms with Crippen molar-refractivity contribution >= 4 is 5.69 Å². The van der Waals surface area contributed by atoms with Gasteiger partial charge in [0.2, 0.25) is 0 Å². The van der Waals surface area contributed by atoms with Crippen LogP contribution in [0.15, 0.2) is 42.5 Å². The van der Waals surface area contributed by atoms with Crippen LogP contribution in [-0.4, -0.2) is 6.10 Å². The average molecular weight is 241 g/mol. The minimum Gasteiger partial charge on any atom is -0.491 e. The zero-order valence-corrected chi connectivity index (χ0v) is 11.1. The van der Waals surface area contributed by atoms with Crippen LogP contribution >= 0.6 is 0 Å². The molecule has 0 aliphatic carbocycles. The Labute approximate surface area is 108 Å². The number of nitrogen functional groups attached to an aromatic ring is 1. The quantitative estimate of drug-likeness (QED) is 0.823. The predicted octanol–water partition coefficient (Wildman–Crippen LogP) is 4.03. The lowest BCUT2D eigenvalue weighted by atomic mass is 10.0. The van der Waals surface area contributed by atoms with Crippen LogP contribution in [0, 0.1) is 6.92 Å². The first-order chi connectivity index (χ1) is 8.58. The van der Waals surface area contributed by atoms with E-state index in [-0.39, 0.29) is 6.10 Å². The zero-order chi connectivity index (χ0) is 13.1. The van der Waals surface area contributed by atoms with Gasteiger partial charge in [0, 0.05) is 11.3 Å². The Morgan fingerprint density at radius 3 is 2.50 bits per heavy atom. The summed E-state index contributed by atoms with van der Waals surface area (Å²) < 4.78 is 5.71. The second-order valence-corrected chi connectivity index (χ2v) is 4.73. The van der Waals surface area contributed by atoms with Gasteiger partial charge in [-0.1, -0.05) is 30.3 Å². The molecule has 0 saturated carbocycles. The second-order valence-electron chi connectivity index (χ2n) is 4.73. The molecule has 2 aromatic carbocycles. The number of rotatable bonds is 3. The number of nitrogens with two attached hydrogens (primary N) is 1. The first-order valence-electron chi connectivity index (χ1n) is 6.20. The van der Waals surface area contributed by atoms with Gasteiger partial charge >= 0.3 is 0 Å². The fourth-order valence-corrected chi connectivity index (χ4v) is 1.94. The Morgan fingerprint density at radius 1 is 1.06 bits per heavy atom. The Balaban J connectivity index is 2.41. The van der Waals surface area contributed by atoms with E-state index in [9.17, 15) is 0 Å². The number of benzene rings is 2. The Hall–Kier alpha value is -1.96. The van der Waals surface area contributed by atoms with E-state index in [4.69, 9.17) is 10.5 Å². The van der Waals surface area contributed by atoms with E-state index in [1.807, 2.05) is 57.2 Å². The number of ether oxygens (including phenoxy) is 1. The maximum absolute atomic E-state index is 6.13. The lowest BCUT2D eigenvalue weighted by Crippen LogP contribution is -2.05. The summed E-state index contributed by atoms with van der Waals surface area (Å²) in [6, 6.07) is 14.1. The molecule has 0 aromatic heterocycles. The first kappa shape index (κ1) is 12.5. The normalized spacial score (nSPS) is 10.7. The van der Waals surface area contributed by atoms with Crippen LogP contribution in [0.1, 0.15) is 19.4 Å². The van der Waals surface area contributed by atoms with Crippen molar-refractivity contribution in [2.24, 2.45) is 0 Å². The van der Waals surface area contributed by atoms with Crippen LogP contribution in [-0.2, 0) is 0 Å². The third-order valence-electron chi connectivity index (χ3n) is 2.84. The van der Waals surface area contributed by atoms with E-state index in [0.29, 0.717) is 0 Å².